The van der Waals surface area contributed by atoms with E-state index in [4.69, 9.17) is 0 Å². The van der Waals surface area contributed by atoms with Gasteiger partial charge in [-0.1, -0.05) is 0 Å². The normalized spacial score (nSPS) is 12.4. The minimum Gasteiger partial charge on any atom is -0.205 e. The van der Waals surface area contributed by atoms with Gasteiger partial charge in [0.05, 0.1) is 24.0 Å². The second kappa shape index (κ2) is 7.38. The predicted octanol–water partition coefficient (Wildman–Crippen LogP) is 11.6. The number of fused-ring (bicyclic) bond motifs is 7. The molecule has 0 aliphatic heterocycles. The second-order valence-corrected chi connectivity index (χ2v) is 14.2. The maximum absolute atomic E-state index is 15.3. The van der Waals surface area contributed by atoms with Crippen molar-refractivity contribution in [1.29, 1.82) is 0 Å². The molecule has 0 radical (unpaired) electrons. The highest BCUT2D eigenvalue weighted by molar-refractivity contribution is 7.37. The van der Waals surface area contributed by atoms with Crippen molar-refractivity contribution in [2.75, 3.05) is 0 Å². The summed E-state index contributed by atoms with van der Waals surface area (Å²) >= 11 is 8.98. The fourth-order valence-electron chi connectivity index (χ4n) is 4.53. The van der Waals surface area contributed by atoms with Crippen molar-refractivity contribution in [3.8, 4) is 19.5 Å². The van der Waals surface area contributed by atoms with Crippen LogP contribution in [-0.2, 0) is 0 Å². The van der Waals surface area contributed by atoms with Crippen LogP contribution in [0.15, 0.2) is 53.2 Å². The molecular formula is C26H9F3S6. The van der Waals surface area contributed by atoms with Crippen molar-refractivity contribution in [3.05, 3.63) is 70.7 Å². The van der Waals surface area contributed by atoms with Gasteiger partial charge in [0.2, 0.25) is 0 Å². The molecule has 0 aliphatic rings. The third kappa shape index (κ3) is 2.94. The monoisotopic (exact) mass is 570 g/mol. The van der Waals surface area contributed by atoms with E-state index in [1.54, 1.807) is 44.8 Å². The fourth-order valence-corrected chi connectivity index (χ4v) is 11.2. The largest absolute Gasteiger partial charge is 0.205 e. The van der Waals surface area contributed by atoms with Crippen LogP contribution in [0.3, 0.4) is 0 Å². The number of thiophene rings is 6. The first-order valence-electron chi connectivity index (χ1n) is 10.5. The van der Waals surface area contributed by atoms with Gasteiger partial charge >= 0.3 is 0 Å². The van der Waals surface area contributed by atoms with Crippen LogP contribution in [-0.4, -0.2) is 0 Å². The molecule has 0 fully saturated rings. The molecule has 35 heavy (non-hydrogen) atoms. The Hall–Kier alpha value is -2.27. The molecular weight excluding hydrogens is 562 g/mol. The van der Waals surface area contributed by atoms with Crippen LogP contribution in [0.2, 0.25) is 0 Å². The highest BCUT2D eigenvalue weighted by Gasteiger charge is 2.21. The summed E-state index contributed by atoms with van der Waals surface area (Å²) in [7, 11) is 0. The van der Waals surface area contributed by atoms with Crippen molar-refractivity contribution < 1.29 is 13.2 Å². The number of hydrogen-bond acceptors (Lipinski definition) is 6. The zero-order chi connectivity index (χ0) is 23.4. The molecule has 9 heteroatoms. The summed E-state index contributed by atoms with van der Waals surface area (Å²) in [4.78, 5) is 2.37. The third-order valence-electron chi connectivity index (χ3n) is 6.13. The number of hydrogen-bond donors (Lipinski definition) is 0. The van der Waals surface area contributed by atoms with Crippen molar-refractivity contribution >= 4 is 118 Å². The van der Waals surface area contributed by atoms with Crippen LogP contribution in [0.4, 0.5) is 13.2 Å². The second-order valence-electron chi connectivity index (χ2n) is 8.14. The number of rotatable bonds is 2. The summed E-state index contributed by atoms with van der Waals surface area (Å²) in [5.74, 6) is -0.893. The first-order valence-corrected chi connectivity index (χ1v) is 15.5. The summed E-state index contributed by atoms with van der Waals surface area (Å²) in [5, 5.41) is 7.40. The van der Waals surface area contributed by atoms with Gasteiger partial charge in [-0.05, 0) is 58.6 Å². The Morgan fingerprint density at radius 3 is 1.80 bits per heavy atom. The molecule has 0 N–H and O–H groups in total. The standard InChI is InChI=1S/C26H9F3S6/c27-14-1-3-30-24(14)20-6-10-5-17-12(8-16(10)32-20)22-23(33-17)13-9-18-11(7-19(13)34-22)21(29)26(35-18)25-15(28)2-4-31-25/h1-9H. The summed E-state index contributed by atoms with van der Waals surface area (Å²) in [6, 6.07) is 13.3. The van der Waals surface area contributed by atoms with Crippen molar-refractivity contribution in [3.63, 3.8) is 0 Å². The topological polar surface area (TPSA) is 0 Å². The van der Waals surface area contributed by atoms with Crippen LogP contribution in [0.25, 0.3) is 69.3 Å². The lowest BCUT2D eigenvalue weighted by molar-refractivity contribution is 0.628. The molecule has 0 bridgehead atoms. The highest BCUT2D eigenvalue weighted by Crippen LogP contribution is 2.50. The lowest BCUT2D eigenvalue weighted by Crippen LogP contribution is -1.76. The van der Waals surface area contributed by atoms with Crippen molar-refractivity contribution in [2.45, 2.75) is 0 Å². The molecule has 6 heterocycles. The molecule has 0 saturated carbocycles. The maximum Gasteiger partial charge on any atom is 0.150 e. The lowest BCUT2D eigenvalue weighted by atomic mass is 10.1. The van der Waals surface area contributed by atoms with Gasteiger partial charge in [-0.15, -0.1) is 68.0 Å². The highest BCUT2D eigenvalue weighted by atomic mass is 32.1. The first-order chi connectivity index (χ1) is 17.0. The SMILES string of the molecule is Fc1ccsc1-c1cc2cc3sc4c5cc6sc(-c7sccc7F)c(F)c6cc5sc4c3cc2s1. The Morgan fingerprint density at radius 2 is 1.11 bits per heavy atom. The van der Waals surface area contributed by atoms with E-state index in [2.05, 4.69) is 24.3 Å². The van der Waals surface area contributed by atoms with E-state index >= 15 is 4.39 Å². The summed E-state index contributed by atoms with van der Waals surface area (Å²) < 4.78 is 50.1. The van der Waals surface area contributed by atoms with Crippen LogP contribution >= 0.6 is 68.0 Å². The minimum absolute atomic E-state index is 0.174. The van der Waals surface area contributed by atoms with Gasteiger partial charge in [0.15, 0.2) is 5.82 Å². The van der Waals surface area contributed by atoms with Crippen LogP contribution in [0.5, 0.6) is 0 Å². The first kappa shape index (κ1) is 20.9. The van der Waals surface area contributed by atoms with E-state index < -0.39 is 0 Å². The predicted molar refractivity (Wildman–Crippen MR) is 152 cm³/mol. The molecule has 2 aromatic carbocycles. The molecule has 0 unspecified atom stereocenters. The van der Waals surface area contributed by atoms with Gasteiger partial charge in [-0.2, -0.15) is 0 Å². The van der Waals surface area contributed by atoms with E-state index in [1.165, 1.54) is 65.6 Å². The smallest absolute Gasteiger partial charge is 0.150 e. The molecule has 0 atom stereocenters. The molecule has 0 saturated heterocycles. The number of benzene rings is 2. The molecule has 8 aromatic rings. The summed E-state index contributed by atoms with van der Waals surface area (Å²) in [6.45, 7) is 0. The maximum atomic E-state index is 15.3. The van der Waals surface area contributed by atoms with Crippen molar-refractivity contribution in [1.82, 2.24) is 0 Å². The van der Waals surface area contributed by atoms with Gasteiger partial charge in [0, 0.05) is 39.8 Å². The van der Waals surface area contributed by atoms with Gasteiger partial charge in [-0.25, -0.2) is 13.2 Å². The van der Waals surface area contributed by atoms with Crippen LogP contribution < -0.4 is 0 Å². The van der Waals surface area contributed by atoms with E-state index in [9.17, 15) is 8.78 Å². The van der Waals surface area contributed by atoms with Gasteiger partial charge in [-0.3, -0.25) is 0 Å². The van der Waals surface area contributed by atoms with E-state index in [-0.39, 0.29) is 17.5 Å². The molecule has 170 valence electrons. The fraction of sp³-hybridized carbons (Fsp3) is 0. The van der Waals surface area contributed by atoms with Crippen LogP contribution in [0, 0.1) is 17.5 Å². The zero-order valence-electron chi connectivity index (χ0n) is 17.3. The summed E-state index contributed by atoms with van der Waals surface area (Å²) in [5.41, 5.74) is 0. The third-order valence-corrected chi connectivity index (χ3v) is 13.0. The van der Waals surface area contributed by atoms with Crippen molar-refractivity contribution in [2.24, 2.45) is 0 Å². The molecule has 0 amide bonds. The van der Waals surface area contributed by atoms with Crippen LogP contribution in [0.1, 0.15) is 0 Å². The Morgan fingerprint density at radius 1 is 0.514 bits per heavy atom. The van der Waals surface area contributed by atoms with E-state index in [0.29, 0.717) is 20.0 Å². The van der Waals surface area contributed by atoms with Gasteiger partial charge < -0.3 is 0 Å². The van der Waals surface area contributed by atoms with E-state index in [1.807, 2.05) is 6.07 Å². The Kier molecular flexibility index (Phi) is 4.40. The Bertz CT molecular complexity index is 2110. The summed E-state index contributed by atoms with van der Waals surface area (Å²) in [6.07, 6.45) is 0. The van der Waals surface area contributed by atoms with E-state index in [0.717, 1.165) is 29.7 Å². The zero-order valence-corrected chi connectivity index (χ0v) is 22.2. The molecule has 6 aromatic heterocycles. The molecule has 0 aliphatic carbocycles. The number of halogens is 3. The molecule has 0 nitrogen and oxygen atoms in total. The van der Waals surface area contributed by atoms with Gasteiger partial charge in [0.25, 0.3) is 0 Å². The Balaban J connectivity index is 1.35. The quantitative estimate of drug-likeness (QED) is 0.194. The lowest BCUT2D eigenvalue weighted by Gasteiger charge is -1.94. The molecule has 0 spiro atoms. The average molecular weight is 571 g/mol. The minimum atomic E-state index is -0.376. The Labute approximate surface area is 219 Å². The molecule has 8 rings (SSSR count). The van der Waals surface area contributed by atoms with Gasteiger partial charge in [0.1, 0.15) is 11.6 Å². The average Bonchev–Trinajstić information content (AvgIpc) is 3.66.